The molecule has 0 amide bonds. The van der Waals surface area contributed by atoms with Gasteiger partial charge in [-0.05, 0) is 24.3 Å². The van der Waals surface area contributed by atoms with Crippen molar-refractivity contribution in [2.24, 2.45) is 0 Å². The third-order valence-corrected chi connectivity index (χ3v) is 3.38. The van der Waals surface area contributed by atoms with Crippen LogP contribution in [0.5, 0.6) is 5.75 Å². The van der Waals surface area contributed by atoms with Crippen molar-refractivity contribution in [2.45, 2.75) is 0 Å². The standard InChI is InChI=1S/C14H9ClN4O2/c1-20-9-4-2-3-8-7-10(21-13(8)9)14-17-16-12-6-5-11(15)18-19(12)14/h2-7H,1H3. The van der Waals surface area contributed by atoms with Gasteiger partial charge in [0, 0.05) is 5.39 Å². The number of benzene rings is 1. The summed E-state index contributed by atoms with van der Waals surface area (Å²) in [7, 11) is 1.60. The number of ether oxygens (including phenoxy) is 1. The normalized spacial score (nSPS) is 11.3. The molecule has 0 bridgehead atoms. The molecule has 0 unspecified atom stereocenters. The Morgan fingerprint density at radius 3 is 2.95 bits per heavy atom. The Morgan fingerprint density at radius 1 is 1.19 bits per heavy atom. The van der Waals surface area contributed by atoms with Gasteiger partial charge in [0.05, 0.1) is 7.11 Å². The summed E-state index contributed by atoms with van der Waals surface area (Å²) in [4.78, 5) is 0. The summed E-state index contributed by atoms with van der Waals surface area (Å²) in [5.41, 5.74) is 1.26. The summed E-state index contributed by atoms with van der Waals surface area (Å²) >= 11 is 5.92. The topological polar surface area (TPSA) is 65.5 Å². The van der Waals surface area contributed by atoms with Crippen LogP contribution in [0.25, 0.3) is 28.2 Å². The summed E-state index contributed by atoms with van der Waals surface area (Å²) in [6, 6.07) is 11.0. The van der Waals surface area contributed by atoms with Gasteiger partial charge in [-0.2, -0.15) is 9.61 Å². The predicted octanol–water partition coefficient (Wildman–Crippen LogP) is 3.20. The lowest BCUT2D eigenvalue weighted by Gasteiger charge is -1.98. The number of aromatic nitrogens is 4. The second-order valence-corrected chi connectivity index (χ2v) is 4.83. The Morgan fingerprint density at radius 2 is 2.10 bits per heavy atom. The summed E-state index contributed by atoms with van der Waals surface area (Å²) < 4.78 is 12.7. The van der Waals surface area contributed by atoms with Crippen molar-refractivity contribution in [1.29, 1.82) is 0 Å². The third kappa shape index (κ3) is 1.84. The number of para-hydroxylation sites is 1. The molecular weight excluding hydrogens is 292 g/mol. The number of hydrogen-bond acceptors (Lipinski definition) is 5. The van der Waals surface area contributed by atoms with Crippen molar-refractivity contribution in [3.05, 3.63) is 41.6 Å². The highest BCUT2D eigenvalue weighted by molar-refractivity contribution is 6.29. The summed E-state index contributed by atoms with van der Waals surface area (Å²) in [6.07, 6.45) is 0. The fraction of sp³-hybridized carbons (Fsp3) is 0.0714. The van der Waals surface area contributed by atoms with Crippen LogP contribution in [0.2, 0.25) is 5.15 Å². The van der Waals surface area contributed by atoms with Crippen LogP contribution in [-0.2, 0) is 0 Å². The Hall–Kier alpha value is -2.60. The van der Waals surface area contributed by atoms with Crippen LogP contribution >= 0.6 is 11.6 Å². The van der Waals surface area contributed by atoms with E-state index in [1.54, 1.807) is 23.8 Å². The van der Waals surface area contributed by atoms with E-state index >= 15 is 0 Å². The van der Waals surface area contributed by atoms with Crippen LogP contribution in [0.1, 0.15) is 0 Å². The molecule has 3 heterocycles. The molecule has 4 rings (SSSR count). The van der Waals surface area contributed by atoms with Crippen molar-refractivity contribution < 1.29 is 9.15 Å². The van der Waals surface area contributed by atoms with E-state index in [9.17, 15) is 0 Å². The molecule has 0 fully saturated rings. The first kappa shape index (κ1) is 12.2. The van der Waals surface area contributed by atoms with Crippen LogP contribution in [0.4, 0.5) is 0 Å². The highest BCUT2D eigenvalue weighted by atomic mass is 35.5. The van der Waals surface area contributed by atoms with E-state index in [-0.39, 0.29) is 0 Å². The first-order valence-corrected chi connectivity index (χ1v) is 6.59. The molecule has 4 aromatic rings. The molecule has 21 heavy (non-hydrogen) atoms. The smallest absolute Gasteiger partial charge is 0.220 e. The molecule has 0 N–H and O–H groups in total. The largest absolute Gasteiger partial charge is 0.493 e. The molecule has 0 aliphatic carbocycles. The van der Waals surface area contributed by atoms with Gasteiger partial charge in [0.25, 0.3) is 0 Å². The van der Waals surface area contributed by atoms with E-state index < -0.39 is 0 Å². The van der Waals surface area contributed by atoms with Gasteiger partial charge in [-0.15, -0.1) is 10.2 Å². The van der Waals surface area contributed by atoms with Gasteiger partial charge in [0.2, 0.25) is 5.82 Å². The SMILES string of the molecule is COc1cccc2cc(-c3nnc4ccc(Cl)nn34)oc12. The number of hydrogen-bond donors (Lipinski definition) is 0. The van der Waals surface area contributed by atoms with Gasteiger partial charge >= 0.3 is 0 Å². The van der Waals surface area contributed by atoms with Crippen LogP contribution in [0, 0.1) is 0 Å². The van der Waals surface area contributed by atoms with Crippen LogP contribution in [0.15, 0.2) is 40.8 Å². The zero-order valence-electron chi connectivity index (χ0n) is 10.9. The molecular formula is C14H9ClN4O2. The second-order valence-electron chi connectivity index (χ2n) is 4.44. The van der Waals surface area contributed by atoms with Crippen molar-refractivity contribution in [3.8, 4) is 17.3 Å². The van der Waals surface area contributed by atoms with Crippen molar-refractivity contribution in [3.63, 3.8) is 0 Å². The van der Waals surface area contributed by atoms with Crippen molar-refractivity contribution in [2.75, 3.05) is 7.11 Å². The number of nitrogens with zero attached hydrogens (tertiary/aromatic N) is 4. The monoisotopic (exact) mass is 300 g/mol. The number of fused-ring (bicyclic) bond motifs is 2. The minimum absolute atomic E-state index is 0.359. The molecule has 0 atom stereocenters. The first-order valence-electron chi connectivity index (χ1n) is 6.21. The molecule has 6 nitrogen and oxygen atoms in total. The molecule has 0 saturated heterocycles. The molecule has 0 aliphatic heterocycles. The van der Waals surface area contributed by atoms with Crippen molar-refractivity contribution in [1.82, 2.24) is 19.8 Å². The molecule has 1 aromatic carbocycles. The lowest BCUT2D eigenvalue weighted by atomic mass is 10.2. The van der Waals surface area contributed by atoms with Gasteiger partial charge in [0.1, 0.15) is 5.15 Å². The zero-order chi connectivity index (χ0) is 14.4. The van der Waals surface area contributed by atoms with E-state index in [2.05, 4.69) is 15.3 Å². The number of rotatable bonds is 2. The average Bonchev–Trinajstić information content (AvgIpc) is 3.09. The lowest BCUT2D eigenvalue weighted by Crippen LogP contribution is -1.93. The van der Waals surface area contributed by atoms with E-state index in [1.165, 1.54) is 0 Å². The van der Waals surface area contributed by atoms with Crippen LogP contribution in [-0.4, -0.2) is 26.9 Å². The predicted molar refractivity (Wildman–Crippen MR) is 77.6 cm³/mol. The van der Waals surface area contributed by atoms with Gasteiger partial charge in [-0.1, -0.05) is 23.7 Å². The molecule has 7 heteroatoms. The van der Waals surface area contributed by atoms with Gasteiger partial charge in [0.15, 0.2) is 22.7 Å². The Bertz CT molecular complexity index is 960. The summed E-state index contributed by atoms with van der Waals surface area (Å²) in [5.74, 6) is 1.71. The number of halogens is 1. The third-order valence-electron chi connectivity index (χ3n) is 3.18. The van der Waals surface area contributed by atoms with Crippen molar-refractivity contribution >= 4 is 28.2 Å². The maximum Gasteiger partial charge on any atom is 0.220 e. The summed E-state index contributed by atoms with van der Waals surface area (Å²) in [5, 5.41) is 13.6. The fourth-order valence-corrected chi connectivity index (χ4v) is 2.37. The second kappa shape index (κ2) is 4.46. The highest BCUT2D eigenvalue weighted by Crippen LogP contribution is 2.32. The molecule has 0 spiro atoms. The number of methoxy groups -OCH3 is 1. The minimum Gasteiger partial charge on any atom is -0.493 e. The van der Waals surface area contributed by atoms with E-state index in [0.717, 1.165) is 5.39 Å². The molecule has 0 radical (unpaired) electrons. The maximum atomic E-state index is 5.92. The van der Waals surface area contributed by atoms with E-state index in [0.29, 0.717) is 33.7 Å². The number of furan rings is 1. The quantitative estimate of drug-likeness (QED) is 0.569. The van der Waals surface area contributed by atoms with Gasteiger partial charge in [-0.3, -0.25) is 0 Å². The van der Waals surface area contributed by atoms with E-state index in [4.69, 9.17) is 20.8 Å². The Kier molecular flexibility index (Phi) is 2.58. The molecule has 104 valence electrons. The highest BCUT2D eigenvalue weighted by Gasteiger charge is 2.16. The Balaban J connectivity index is 1.98. The molecule has 3 aromatic heterocycles. The van der Waals surface area contributed by atoms with E-state index in [1.807, 2.05) is 24.3 Å². The lowest BCUT2D eigenvalue weighted by molar-refractivity contribution is 0.411. The fourth-order valence-electron chi connectivity index (χ4n) is 2.23. The van der Waals surface area contributed by atoms with Gasteiger partial charge < -0.3 is 9.15 Å². The molecule has 0 saturated carbocycles. The maximum absolute atomic E-state index is 5.92. The molecule has 0 aliphatic rings. The summed E-state index contributed by atoms with van der Waals surface area (Å²) in [6.45, 7) is 0. The first-order chi connectivity index (χ1) is 10.3. The van der Waals surface area contributed by atoms with Gasteiger partial charge in [-0.25, -0.2) is 0 Å². The minimum atomic E-state index is 0.359. The Labute approximate surface area is 123 Å². The van der Waals surface area contributed by atoms with Crippen LogP contribution < -0.4 is 4.74 Å². The zero-order valence-corrected chi connectivity index (χ0v) is 11.7. The average molecular weight is 301 g/mol. The van der Waals surface area contributed by atoms with Crippen LogP contribution in [0.3, 0.4) is 0 Å².